The molecule has 0 saturated carbocycles. The zero-order chi connectivity index (χ0) is 10.3. The molecule has 5 nitrogen and oxygen atoms in total. The number of rotatable bonds is 5. The number of aryl methyl sites for hydroxylation is 1. The molecule has 2 aromatic rings. The topological polar surface area (TPSA) is 55.6 Å². The zero-order valence-corrected chi connectivity index (χ0v) is 8.37. The average Bonchev–Trinajstić information content (AvgIpc) is 2.79. The molecular weight excluding hydrogens is 190 g/mol. The first-order valence-corrected chi connectivity index (χ1v) is 4.92. The fraction of sp³-hybridized carbons (Fsp3) is 0.300. The van der Waals surface area contributed by atoms with Crippen LogP contribution in [0.5, 0.6) is 0 Å². The molecule has 0 saturated heterocycles. The summed E-state index contributed by atoms with van der Waals surface area (Å²) in [6, 6.07) is 1.80. The molecule has 78 valence electrons. The van der Waals surface area contributed by atoms with Crippen LogP contribution in [0, 0.1) is 0 Å². The van der Waals surface area contributed by atoms with Crippen LogP contribution in [0.3, 0.4) is 0 Å². The zero-order valence-electron chi connectivity index (χ0n) is 8.37. The van der Waals surface area contributed by atoms with Gasteiger partial charge in [-0.15, -0.1) is 0 Å². The molecule has 0 amide bonds. The van der Waals surface area contributed by atoms with Crippen molar-refractivity contribution in [3.63, 3.8) is 0 Å². The number of nitrogens with zero attached hydrogens (tertiary/aromatic N) is 4. The summed E-state index contributed by atoms with van der Waals surface area (Å²) in [6.07, 6.45) is 10.0. The number of hydrogen-bond donors (Lipinski definition) is 1. The SMILES string of the molecule is c1cnc(NCCCn2ccnc2)nc1. The van der Waals surface area contributed by atoms with Crippen LogP contribution in [0.4, 0.5) is 5.95 Å². The second-order valence-corrected chi connectivity index (χ2v) is 3.15. The number of aromatic nitrogens is 4. The monoisotopic (exact) mass is 203 g/mol. The average molecular weight is 203 g/mol. The lowest BCUT2D eigenvalue weighted by atomic mass is 10.4. The van der Waals surface area contributed by atoms with Crippen molar-refractivity contribution in [1.29, 1.82) is 0 Å². The summed E-state index contributed by atoms with van der Waals surface area (Å²) in [7, 11) is 0. The van der Waals surface area contributed by atoms with Crippen molar-refractivity contribution in [3.8, 4) is 0 Å². The summed E-state index contributed by atoms with van der Waals surface area (Å²) < 4.78 is 2.05. The first-order chi connectivity index (χ1) is 7.45. The smallest absolute Gasteiger partial charge is 0.222 e. The van der Waals surface area contributed by atoms with Crippen LogP contribution in [-0.2, 0) is 6.54 Å². The van der Waals surface area contributed by atoms with Crippen LogP contribution >= 0.6 is 0 Å². The van der Waals surface area contributed by atoms with Gasteiger partial charge in [-0.1, -0.05) is 0 Å². The molecule has 1 N–H and O–H groups in total. The van der Waals surface area contributed by atoms with E-state index in [4.69, 9.17) is 0 Å². The van der Waals surface area contributed by atoms with Crippen molar-refractivity contribution >= 4 is 5.95 Å². The maximum atomic E-state index is 4.07. The summed E-state index contributed by atoms with van der Waals surface area (Å²) in [6.45, 7) is 1.82. The van der Waals surface area contributed by atoms with Gasteiger partial charge in [-0.3, -0.25) is 0 Å². The van der Waals surface area contributed by atoms with Gasteiger partial charge in [0, 0.05) is 37.9 Å². The predicted octanol–water partition coefficient (Wildman–Crippen LogP) is 1.18. The Labute approximate surface area is 88.2 Å². The molecule has 0 unspecified atom stereocenters. The number of nitrogens with one attached hydrogen (secondary N) is 1. The lowest BCUT2D eigenvalue weighted by Crippen LogP contribution is -2.07. The first kappa shape index (κ1) is 9.64. The van der Waals surface area contributed by atoms with Gasteiger partial charge in [0.15, 0.2) is 0 Å². The molecule has 0 fully saturated rings. The molecule has 0 aliphatic rings. The van der Waals surface area contributed by atoms with Crippen LogP contribution in [0.15, 0.2) is 37.2 Å². The van der Waals surface area contributed by atoms with E-state index in [-0.39, 0.29) is 0 Å². The van der Waals surface area contributed by atoms with Crippen LogP contribution in [-0.4, -0.2) is 26.1 Å². The van der Waals surface area contributed by atoms with Crippen molar-refractivity contribution in [2.24, 2.45) is 0 Å². The molecule has 5 heteroatoms. The predicted molar refractivity (Wildman–Crippen MR) is 57.4 cm³/mol. The molecule has 0 atom stereocenters. The summed E-state index contributed by atoms with van der Waals surface area (Å²) in [4.78, 5) is 12.1. The van der Waals surface area contributed by atoms with Gasteiger partial charge in [0.2, 0.25) is 5.95 Å². The van der Waals surface area contributed by atoms with E-state index in [1.807, 2.05) is 17.1 Å². The first-order valence-electron chi connectivity index (χ1n) is 4.92. The van der Waals surface area contributed by atoms with Gasteiger partial charge >= 0.3 is 0 Å². The Kier molecular flexibility index (Phi) is 3.27. The van der Waals surface area contributed by atoms with E-state index in [0.29, 0.717) is 5.95 Å². The summed E-state index contributed by atoms with van der Waals surface area (Å²) in [5, 5.41) is 3.15. The highest BCUT2D eigenvalue weighted by Crippen LogP contribution is 1.95. The fourth-order valence-corrected chi connectivity index (χ4v) is 1.27. The molecule has 0 aromatic carbocycles. The molecule has 2 aromatic heterocycles. The van der Waals surface area contributed by atoms with Crippen molar-refractivity contribution < 1.29 is 0 Å². The number of imidazole rings is 1. The summed E-state index contributed by atoms with van der Waals surface area (Å²) in [5.41, 5.74) is 0. The van der Waals surface area contributed by atoms with Gasteiger partial charge in [0.25, 0.3) is 0 Å². The molecule has 2 rings (SSSR count). The highest BCUT2D eigenvalue weighted by atomic mass is 15.1. The minimum absolute atomic E-state index is 0.683. The van der Waals surface area contributed by atoms with E-state index >= 15 is 0 Å². The van der Waals surface area contributed by atoms with E-state index in [1.165, 1.54) is 0 Å². The fourth-order valence-electron chi connectivity index (χ4n) is 1.27. The van der Waals surface area contributed by atoms with Crippen molar-refractivity contribution in [2.75, 3.05) is 11.9 Å². The van der Waals surface area contributed by atoms with Crippen molar-refractivity contribution in [1.82, 2.24) is 19.5 Å². The summed E-state index contributed by atoms with van der Waals surface area (Å²) >= 11 is 0. The highest BCUT2D eigenvalue weighted by molar-refractivity contribution is 5.21. The molecule has 0 spiro atoms. The molecule has 0 bridgehead atoms. The van der Waals surface area contributed by atoms with E-state index in [1.54, 1.807) is 24.7 Å². The van der Waals surface area contributed by atoms with E-state index in [9.17, 15) is 0 Å². The van der Waals surface area contributed by atoms with Gasteiger partial charge < -0.3 is 9.88 Å². The highest BCUT2D eigenvalue weighted by Gasteiger charge is 1.93. The normalized spacial score (nSPS) is 10.1. The third-order valence-electron chi connectivity index (χ3n) is 2.00. The lowest BCUT2D eigenvalue weighted by Gasteiger charge is -2.04. The van der Waals surface area contributed by atoms with Crippen molar-refractivity contribution in [2.45, 2.75) is 13.0 Å². The van der Waals surface area contributed by atoms with Gasteiger partial charge in [-0.25, -0.2) is 15.0 Å². The summed E-state index contributed by atoms with van der Waals surface area (Å²) in [5.74, 6) is 0.683. The van der Waals surface area contributed by atoms with Gasteiger partial charge in [-0.2, -0.15) is 0 Å². The molecule has 0 aliphatic carbocycles. The van der Waals surface area contributed by atoms with Crippen LogP contribution < -0.4 is 5.32 Å². The maximum Gasteiger partial charge on any atom is 0.222 e. The molecular formula is C10H13N5. The molecule has 2 heterocycles. The lowest BCUT2D eigenvalue weighted by molar-refractivity contribution is 0.659. The Balaban J connectivity index is 1.68. The molecule has 0 aliphatic heterocycles. The number of anilines is 1. The van der Waals surface area contributed by atoms with Gasteiger partial charge in [0.05, 0.1) is 6.33 Å². The number of hydrogen-bond acceptors (Lipinski definition) is 4. The van der Waals surface area contributed by atoms with Crippen LogP contribution in [0.25, 0.3) is 0 Å². The Morgan fingerprint density at radius 1 is 1.20 bits per heavy atom. The second kappa shape index (κ2) is 5.09. The Bertz CT molecular complexity index is 370. The minimum Gasteiger partial charge on any atom is -0.354 e. The van der Waals surface area contributed by atoms with Crippen LogP contribution in [0.2, 0.25) is 0 Å². The Morgan fingerprint density at radius 3 is 2.80 bits per heavy atom. The third-order valence-corrected chi connectivity index (χ3v) is 2.00. The van der Waals surface area contributed by atoms with Gasteiger partial charge in [0.1, 0.15) is 0 Å². The quantitative estimate of drug-likeness (QED) is 0.741. The van der Waals surface area contributed by atoms with E-state index in [2.05, 4.69) is 20.3 Å². The Hall–Kier alpha value is -1.91. The standard InChI is InChI=1S/C10H13N5/c1-3-12-10(13-4-1)14-5-2-7-15-8-6-11-9-15/h1,3-4,6,8-9H,2,5,7H2,(H,12,13,14). The molecule has 0 radical (unpaired) electrons. The largest absolute Gasteiger partial charge is 0.354 e. The van der Waals surface area contributed by atoms with Crippen molar-refractivity contribution in [3.05, 3.63) is 37.2 Å². The third kappa shape index (κ3) is 3.05. The van der Waals surface area contributed by atoms with Gasteiger partial charge in [-0.05, 0) is 12.5 Å². The van der Waals surface area contributed by atoms with E-state index < -0.39 is 0 Å². The molecule has 15 heavy (non-hydrogen) atoms. The maximum absolute atomic E-state index is 4.07. The van der Waals surface area contributed by atoms with E-state index in [0.717, 1.165) is 19.5 Å². The minimum atomic E-state index is 0.683. The van der Waals surface area contributed by atoms with Crippen LogP contribution in [0.1, 0.15) is 6.42 Å². The Morgan fingerprint density at radius 2 is 2.07 bits per heavy atom. The second-order valence-electron chi connectivity index (χ2n) is 3.15.